The van der Waals surface area contributed by atoms with Gasteiger partial charge in [0.2, 0.25) is 5.92 Å². The minimum atomic E-state index is -2.48. The summed E-state index contributed by atoms with van der Waals surface area (Å²) in [6, 6.07) is 0. The average molecular weight is 559 g/mol. The molecular weight excluding hydrogens is 514 g/mol. The molecular formula is C31H44F2N4OS. The zero-order valence-electron chi connectivity index (χ0n) is 24.0. The molecule has 2 heterocycles. The van der Waals surface area contributed by atoms with E-state index in [9.17, 15) is 13.6 Å². The topological polar surface area (TPSA) is 69.4 Å². The van der Waals surface area contributed by atoms with E-state index in [-0.39, 0.29) is 18.7 Å². The van der Waals surface area contributed by atoms with Crippen LogP contribution in [0.1, 0.15) is 94.6 Å². The summed E-state index contributed by atoms with van der Waals surface area (Å²) in [7, 11) is 0. The van der Waals surface area contributed by atoms with E-state index in [0.717, 1.165) is 30.4 Å². The molecule has 0 atom stereocenters. The maximum Gasteiger partial charge on any atom is 0.277 e. The molecule has 2 saturated carbocycles. The third-order valence-corrected chi connectivity index (χ3v) is 9.43. The molecule has 1 aromatic rings. The first kappa shape index (κ1) is 31.2. The Balaban J connectivity index is 0.000000239. The van der Waals surface area contributed by atoms with Gasteiger partial charge in [0.15, 0.2) is 0 Å². The Bertz CT molecular complexity index is 1120. The number of hydrogen-bond acceptors (Lipinski definition) is 5. The van der Waals surface area contributed by atoms with Crippen molar-refractivity contribution in [1.82, 2.24) is 9.88 Å². The van der Waals surface area contributed by atoms with Crippen LogP contribution in [0.2, 0.25) is 0 Å². The number of aromatic nitrogens is 1. The number of nitrogens with one attached hydrogen (secondary N) is 1. The Morgan fingerprint density at radius 1 is 1.28 bits per heavy atom. The molecule has 4 aliphatic rings. The Morgan fingerprint density at radius 3 is 2.59 bits per heavy atom. The maximum atomic E-state index is 13.3. The molecule has 1 aliphatic heterocycles. The second-order valence-electron chi connectivity index (χ2n) is 11.0. The minimum absolute atomic E-state index is 0.0300. The fourth-order valence-electron chi connectivity index (χ4n) is 5.93. The summed E-state index contributed by atoms with van der Waals surface area (Å²) in [4.78, 5) is 23.2. The number of hydrogen-bond donors (Lipinski definition) is 1. The van der Waals surface area contributed by atoms with Crippen LogP contribution in [0.5, 0.6) is 0 Å². The summed E-state index contributed by atoms with van der Waals surface area (Å²) in [5, 5.41) is 8.49. The van der Waals surface area contributed by atoms with Crippen molar-refractivity contribution in [2.45, 2.75) is 103 Å². The van der Waals surface area contributed by atoms with Gasteiger partial charge in [-0.1, -0.05) is 65.0 Å². The van der Waals surface area contributed by atoms with E-state index in [1.54, 1.807) is 42.6 Å². The molecule has 8 heteroatoms. The van der Waals surface area contributed by atoms with Crippen LogP contribution < -0.4 is 0 Å². The van der Waals surface area contributed by atoms with Gasteiger partial charge in [-0.15, -0.1) is 11.3 Å². The molecule has 2 fully saturated rings. The SMILES string of the molecule is C=NC(=O)C1=CC=CC(=N)/C1=C\C.CC.CC1(c2nc3c(s2)CCN(CCC2CCCCC2)C3)CC(F)(F)C1. The lowest BCUT2D eigenvalue weighted by Crippen LogP contribution is -2.47. The van der Waals surface area contributed by atoms with Gasteiger partial charge in [0, 0.05) is 41.8 Å². The molecule has 0 aromatic carbocycles. The number of halogens is 2. The minimum Gasteiger partial charge on any atom is -0.300 e. The average Bonchev–Trinajstić information content (AvgIpc) is 3.36. The van der Waals surface area contributed by atoms with Crippen molar-refractivity contribution in [3.8, 4) is 0 Å². The lowest BCUT2D eigenvalue weighted by molar-refractivity contribution is -0.121. The van der Waals surface area contributed by atoms with Gasteiger partial charge in [-0.05, 0) is 51.1 Å². The predicted molar refractivity (Wildman–Crippen MR) is 158 cm³/mol. The van der Waals surface area contributed by atoms with E-state index in [2.05, 4.69) is 16.6 Å². The van der Waals surface area contributed by atoms with Gasteiger partial charge in [-0.2, -0.15) is 0 Å². The van der Waals surface area contributed by atoms with Crippen molar-refractivity contribution in [2.75, 3.05) is 13.1 Å². The van der Waals surface area contributed by atoms with Crippen molar-refractivity contribution in [3.63, 3.8) is 0 Å². The van der Waals surface area contributed by atoms with E-state index in [1.807, 2.05) is 20.8 Å². The number of fused-ring (bicyclic) bond motifs is 1. The lowest BCUT2D eigenvalue weighted by Gasteiger charge is -2.43. The molecule has 0 saturated heterocycles. The van der Waals surface area contributed by atoms with Crippen molar-refractivity contribution >= 4 is 29.7 Å². The van der Waals surface area contributed by atoms with Gasteiger partial charge in [0.25, 0.3) is 5.91 Å². The number of nitrogens with zero attached hydrogens (tertiary/aromatic N) is 3. The molecule has 0 radical (unpaired) electrons. The summed E-state index contributed by atoms with van der Waals surface area (Å²) < 4.78 is 26.6. The Kier molecular flexibility index (Phi) is 11.1. The monoisotopic (exact) mass is 558 g/mol. The molecule has 5 nitrogen and oxygen atoms in total. The van der Waals surface area contributed by atoms with Crippen LogP contribution in [0, 0.1) is 11.3 Å². The quantitative estimate of drug-likeness (QED) is 0.374. The van der Waals surface area contributed by atoms with Crippen molar-refractivity contribution in [3.05, 3.63) is 51.0 Å². The largest absolute Gasteiger partial charge is 0.300 e. The Labute approximate surface area is 236 Å². The second-order valence-corrected chi connectivity index (χ2v) is 12.1. The van der Waals surface area contributed by atoms with Crippen LogP contribution in [-0.2, 0) is 23.2 Å². The highest BCUT2D eigenvalue weighted by Crippen LogP contribution is 2.54. The van der Waals surface area contributed by atoms with E-state index in [4.69, 9.17) is 10.4 Å². The van der Waals surface area contributed by atoms with Crippen LogP contribution in [-0.4, -0.2) is 47.2 Å². The van der Waals surface area contributed by atoms with E-state index in [1.165, 1.54) is 55.6 Å². The first-order chi connectivity index (χ1) is 18.6. The number of rotatable bonds is 5. The highest BCUT2D eigenvalue weighted by Gasteiger charge is 2.56. The summed E-state index contributed by atoms with van der Waals surface area (Å²) >= 11 is 1.70. The number of allylic oxidation sites excluding steroid dienone is 4. The van der Waals surface area contributed by atoms with Gasteiger partial charge < -0.3 is 5.41 Å². The number of aliphatic imine (C=N–C) groups is 1. The molecule has 1 aromatic heterocycles. The van der Waals surface area contributed by atoms with Crippen LogP contribution >= 0.6 is 11.3 Å². The highest BCUT2D eigenvalue weighted by atomic mass is 32.1. The van der Waals surface area contributed by atoms with Crippen LogP contribution in [0.25, 0.3) is 0 Å². The number of amides is 1. The van der Waals surface area contributed by atoms with E-state index in [0.29, 0.717) is 16.9 Å². The van der Waals surface area contributed by atoms with Crippen LogP contribution in [0.15, 0.2) is 40.4 Å². The molecule has 1 amide bonds. The van der Waals surface area contributed by atoms with Gasteiger partial charge in [-0.25, -0.2) is 18.8 Å². The van der Waals surface area contributed by atoms with E-state index >= 15 is 0 Å². The molecule has 1 N–H and O–H groups in total. The summed E-state index contributed by atoms with van der Waals surface area (Å²) in [5.41, 5.74) is 2.15. The van der Waals surface area contributed by atoms with Gasteiger partial charge >= 0.3 is 0 Å². The molecule has 0 spiro atoms. The summed E-state index contributed by atoms with van der Waals surface area (Å²) in [6.45, 7) is 14.1. The molecule has 0 unspecified atom stereocenters. The fraction of sp³-hybridized carbons (Fsp3) is 0.613. The summed E-state index contributed by atoms with van der Waals surface area (Å²) in [5.74, 6) is -1.95. The smallest absolute Gasteiger partial charge is 0.277 e. The summed E-state index contributed by atoms with van der Waals surface area (Å²) in [6.07, 6.45) is 16.0. The van der Waals surface area contributed by atoms with Crippen molar-refractivity contribution < 1.29 is 13.6 Å². The Hall–Kier alpha value is -2.32. The van der Waals surface area contributed by atoms with Crippen LogP contribution in [0.4, 0.5) is 8.78 Å². The van der Waals surface area contributed by atoms with Gasteiger partial charge in [0.05, 0.1) is 22.0 Å². The Morgan fingerprint density at radius 2 is 1.97 bits per heavy atom. The zero-order valence-corrected chi connectivity index (χ0v) is 24.8. The van der Waals surface area contributed by atoms with Gasteiger partial charge in [0.1, 0.15) is 0 Å². The molecule has 39 heavy (non-hydrogen) atoms. The zero-order chi connectivity index (χ0) is 28.6. The highest BCUT2D eigenvalue weighted by molar-refractivity contribution is 7.12. The molecule has 5 rings (SSSR count). The third-order valence-electron chi connectivity index (χ3n) is 7.97. The van der Waals surface area contributed by atoms with Crippen molar-refractivity contribution in [1.29, 1.82) is 5.41 Å². The van der Waals surface area contributed by atoms with E-state index < -0.39 is 11.3 Å². The number of carbonyl (C=O) groups excluding carboxylic acids is 1. The molecule has 3 aliphatic carbocycles. The fourth-order valence-corrected chi connectivity index (χ4v) is 7.13. The molecule has 214 valence electrons. The molecule has 0 bridgehead atoms. The third kappa shape index (κ3) is 7.88. The normalized spacial score (nSPS) is 22.9. The van der Waals surface area contributed by atoms with Crippen LogP contribution in [0.3, 0.4) is 0 Å². The second kappa shape index (κ2) is 13.8. The number of alkyl halides is 2. The van der Waals surface area contributed by atoms with Crippen molar-refractivity contribution in [2.24, 2.45) is 10.9 Å². The first-order valence-electron chi connectivity index (χ1n) is 14.4. The number of carbonyl (C=O) groups is 1. The maximum absolute atomic E-state index is 13.3. The number of thiazole rings is 1. The lowest BCUT2D eigenvalue weighted by atomic mass is 9.68. The first-order valence-corrected chi connectivity index (χ1v) is 15.2. The standard InChI is InChI=1S/C19H28F2N2S.C10H10N2O.C2H6/c1-18(12-19(20,21)13-18)17-22-15-11-23(10-8-16(15)24-17)9-7-14-5-3-2-4-6-14;1-3-7-8(10(13)12-2)5-4-6-9(7)11;1-2/h14H,2-13H2,1H3;3-6,11H,2H2,1H3;1-2H3/b;7-3-,11-9?;. The predicted octanol–water partition coefficient (Wildman–Crippen LogP) is 7.86. The van der Waals surface area contributed by atoms with Gasteiger partial charge in [-0.3, -0.25) is 9.69 Å².